The molecule has 82 valence electrons. The highest BCUT2D eigenvalue weighted by Crippen LogP contribution is 2.38. The van der Waals surface area contributed by atoms with E-state index < -0.39 is 0 Å². The molecule has 0 radical (unpaired) electrons. The molecule has 0 spiro atoms. The van der Waals surface area contributed by atoms with Crippen LogP contribution in [0.2, 0.25) is 0 Å². The zero-order chi connectivity index (χ0) is 11.1. The molecule has 1 aliphatic rings. The Balaban J connectivity index is 2.08. The predicted octanol–water partition coefficient (Wildman–Crippen LogP) is 1.57. The summed E-state index contributed by atoms with van der Waals surface area (Å²) in [5, 5.41) is 8.30. The van der Waals surface area contributed by atoms with E-state index in [0.29, 0.717) is 11.7 Å². The molecule has 0 unspecified atom stereocenters. The second-order valence-electron chi connectivity index (χ2n) is 4.15. The molecule has 3 rings (SSSR count). The number of nitrogens with two attached hydrogens (primary N) is 1. The van der Waals surface area contributed by atoms with E-state index in [9.17, 15) is 0 Å². The SMILES string of the molecule is Cc1nnc(-c2ccc(N)cn2)n1C1CC1. The van der Waals surface area contributed by atoms with Gasteiger partial charge in [0.25, 0.3) is 0 Å². The quantitative estimate of drug-likeness (QED) is 0.825. The molecule has 2 N–H and O–H groups in total. The van der Waals surface area contributed by atoms with Crippen LogP contribution in [-0.2, 0) is 0 Å². The first-order valence-corrected chi connectivity index (χ1v) is 5.39. The van der Waals surface area contributed by atoms with Crippen LogP contribution < -0.4 is 5.73 Å². The first-order valence-electron chi connectivity index (χ1n) is 5.39. The Bertz CT molecular complexity index is 510. The monoisotopic (exact) mass is 215 g/mol. The molecule has 0 aliphatic heterocycles. The van der Waals surface area contributed by atoms with E-state index >= 15 is 0 Å². The molecule has 5 heteroatoms. The first-order chi connectivity index (χ1) is 7.75. The lowest BCUT2D eigenvalue weighted by atomic mass is 10.3. The Morgan fingerprint density at radius 2 is 2.12 bits per heavy atom. The predicted molar refractivity (Wildman–Crippen MR) is 60.7 cm³/mol. The highest BCUT2D eigenvalue weighted by atomic mass is 15.3. The van der Waals surface area contributed by atoms with Gasteiger partial charge in [-0.2, -0.15) is 0 Å². The summed E-state index contributed by atoms with van der Waals surface area (Å²) in [5.41, 5.74) is 7.11. The van der Waals surface area contributed by atoms with Crippen molar-refractivity contribution >= 4 is 5.69 Å². The molecule has 1 aliphatic carbocycles. The number of aryl methyl sites for hydroxylation is 1. The van der Waals surface area contributed by atoms with E-state index in [4.69, 9.17) is 5.73 Å². The Kier molecular flexibility index (Phi) is 1.92. The van der Waals surface area contributed by atoms with Gasteiger partial charge in [-0.15, -0.1) is 10.2 Å². The zero-order valence-corrected chi connectivity index (χ0v) is 9.09. The van der Waals surface area contributed by atoms with Gasteiger partial charge in [0.15, 0.2) is 5.82 Å². The molecule has 0 aromatic carbocycles. The maximum Gasteiger partial charge on any atom is 0.182 e. The first kappa shape index (κ1) is 9.33. The summed E-state index contributed by atoms with van der Waals surface area (Å²) in [5.74, 6) is 1.80. The van der Waals surface area contributed by atoms with E-state index in [0.717, 1.165) is 17.3 Å². The fraction of sp³-hybridized carbons (Fsp3) is 0.364. The number of aromatic nitrogens is 4. The third-order valence-corrected chi connectivity index (χ3v) is 2.79. The second-order valence-corrected chi connectivity index (χ2v) is 4.15. The van der Waals surface area contributed by atoms with Gasteiger partial charge < -0.3 is 10.3 Å². The number of hydrogen-bond acceptors (Lipinski definition) is 4. The van der Waals surface area contributed by atoms with Crippen LogP contribution in [0.4, 0.5) is 5.69 Å². The maximum absolute atomic E-state index is 5.61. The second kappa shape index (κ2) is 3.30. The van der Waals surface area contributed by atoms with Gasteiger partial charge in [0.2, 0.25) is 0 Å². The van der Waals surface area contributed by atoms with Gasteiger partial charge in [0.05, 0.1) is 11.9 Å². The Morgan fingerprint density at radius 1 is 1.31 bits per heavy atom. The number of nitrogens with zero attached hydrogens (tertiary/aromatic N) is 4. The number of anilines is 1. The van der Waals surface area contributed by atoms with Gasteiger partial charge in [-0.3, -0.25) is 4.98 Å². The van der Waals surface area contributed by atoms with Gasteiger partial charge in [-0.05, 0) is 31.9 Å². The highest BCUT2D eigenvalue weighted by molar-refractivity contribution is 5.53. The molecule has 2 aromatic heterocycles. The summed E-state index contributed by atoms with van der Waals surface area (Å²) in [7, 11) is 0. The van der Waals surface area contributed by atoms with Gasteiger partial charge in [0.1, 0.15) is 11.5 Å². The van der Waals surface area contributed by atoms with E-state index in [2.05, 4.69) is 19.7 Å². The van der Waals surface area contributed by atoms with E-state index in [1.54, 1.807) is 6.20 Å². The summed E-state index contributed by atoms with van der Waals surface area (Å²) in [4.78, 5) is 4.28. The summed E-state index contributed by atoms with van der Waals surface area (Å²) in [6.07, 6.45) is 4.07. The molecule has 2 aromatic rings. The summed E-state index contributed by atoms with van der Waals surface area (Å²) >= 11 is 0. The minimum Gasteiger partial charge on any atom is -0.397 e. The lowest BCUT2D eigenvalue weighted by Gasteiger charge is -2.05. The molecular weight excluding hydrogens is 202 g/mol. The van der Waals surface area contributed by atoms with Crippen molar-refractivity contribution in [2.24, 2.45) is 0 Å². The minimum absolute atomic E-state index is 0.560. The van der Waals surface area contributed by atoms with Crippen molar-refractivity contribution in [1.82, 2.24) is 19.7 Å². The van der Waals surface area contributed by atoms with Gasteiger partial charge in [0, 0.05) is 6.04 Å². The van der Waals surface area contributed by atoms with E-state index in [1.807, 2.05) is 19.1 Å². The lowest BCUT2D eigenvalue weighted by Crippen LogP contribution is -2.01. The van der Waals surface area contributed by atoms with Crippen LogP contribution in [0.15, 0.2) is 18.3 Å². The van der Waals surface area contributed by atoms with Gasteiger partial charge >= 0.3 is 0 Å². The maximum atomic E-state index is 5.61. The fourth-order valence-corrected chi connectivity index (χ4v) is 1.85. The van der Waals surface area contributed by atoms with Crippen molar-refractivity contribution in [2.45, 2.75) is 25.8 Å². The molecule has 0 bridgehead atoms. The average molecular weight is 215 g/mol. The Hall–Kier alpha value is -1.91. The third kappa shape index (κ3) is 1.44. The van der Waals surface area contributed by atoms with E-state index in [1.165, 1.54) is 12.8 Å². The largest absolute Gasteiger partial charge is 0.397 e. The van der Waals surface area contributed by atoms with Crippen LogP contribution in [0.25, 0.3) is 11.5 Å². The topological polar surface area (TPSA) is 69.6 Å². The van der Waals surface area contributed by atoms with Crippen LogP contribution >= 0.6 is 0 Å². The molecule has 0 atom stereocenters. The van der Waals surface area contributed by atoms with Crippen molar-refractivity contribution < 1.29 is 0 Å². The number of nitrogen functional groups attached to an aromatic ring is 1. The van der Waals surface area contributed by atoms with E-state index in [-0.39, 0.29) is 0 Å². The number of rotatable bonds is 2. The van der Waals surface area contributed by atoms with Crippen LogP contribution in [0.5, 0.6) is 0 Å². The molecule has 0 saturated heterocycles. The standard InChI is InChI=1S/C11H13N5/c1-7-14-15-11(16(7)9-3-4-9)10-5-2-8(12)6-13-10/h2,5-6,9H,3-4,12H2,1H3. The van der Waals surface area contributed by atoms with Crippen LogP contribution in [0.1, 0.15) is 24.7 Å². The summed E-state index contributed by atoms with van der Waals surface area (Å²) in [6, 6.07) is 4.28. The lowest BCUT2D eigenvalue weighted by molar-refractivity contribution is 0.715. The van der Waals surface area contributed by atoms with Gasteiger partial charge in [-0.25, -0.2) is 0 Å². The molecule has 2 heterocycles. The molecule has 1 fully saturated rings. The van der Waals surface area contributed by atoms with Crippen molar-refractivity contribution in [1.29, 1.82) is 0 Å². The summed E-state index contributed by atoms with van der Waals surface area (Å²) < 4.78 is 2.17. The summed E-state index contributed by atoms with van der Waals surface area (Å²) in [6.45, 7) is 1.98. The fourth-order valence-electron chi connectivity index (χ4n) is 1.85. The molecule has 5 nitrogen and oxygen atoms in total. The van der Waals surface area contributed by atoms with Crippen molar-refractivity contribution in [3.63, 3.8) is 0 Å². The number of hydrogen-bond donors (Lipinski definition) is 1. The smallest absolute Gasteiger partial charge is 0.182 e. The minimum atomic E-state index is 0.560. The molecular formula is C11H13N5. The van der Waals surface area contributed by atoms with Crippen molar-refractivity contribution in [3.05, 3.63) is 24.2 Å². The number of pyridine rings is 1. The van der Waals surface area contributed by atoms with Gasteiger partial charge in [-0.1, -0.05) is 0 Å². The normalized spacial score (nSPS) is 15.3. The third-order valence-electron chi connectivity index (χ3n) is 2.79. The molecule has 0 amide bonds. The molecule has 1 saturated carbocycles. The van der Waals surface area contributed by atoms with Crippen LogP contribution in [0, 0.1) is 6.92 Å². The average Bonchev–Trinajstić information content (AvgIpc) is 3.04. The Morgan fingerprint density at radius 3 is 2.75 bits per heavy atom. The molecule has 16 heavy (non-hydrogen) atoms. The zero-order valence-electron chi connectivity index (χ0n) is 9.09. The van der Waals surface area contributed by atoms with Crippen molar-refractivity contribution in [3.8, 4) is 11.5 Å². The Labute approximate surface area is 93.3 Å². The van der Waals surface area contributed by atoms with Crippen LogP contribution in [-0.4, -0.2) is 19.7 Å². The highest BCUT2D eigenvalue weighted by Gasteiger charge is 2.28. The van der Waals surface area contributed by atoms with Crippen LogP contribution in [0.3, 0.4) is 0 Å². The van der Waals surface area contributed by atoms with Crippen molar-refractivity contribution in [2.75, 3.05) is 5.73 Å².